The summed E-state index contributed by atoms with van der Waals surface area (Å²) in [6.45, 7) is 3.42. The van der Waals surface area contributed by atoms with E-state index in [2.05, 4.69) is 4.72 Å². The molecule has 3 aromatic rings. The van der Waals surface area contributed by atoms with Crippen molar-refractivity contribution in [3.63, 3.8) is 0 Å². The van der Waals surface area contributed by atoms with Crippen molar-refractivity contribution in [3.05, 3.63) is 77.6 Å². The zero-order valence-corrected chi connectivity index (χ0v) is 14.3. The van der Waals surface area contributed by atoms with E-state index in [0.717, 1.165) is 22.4 Å². The first-order valence-corrected chi connectivity index (χ1v) is 9.12. The molecule has 0 radical (unpaired) electrons. The molecule has 0 aliphatic carbocycles. The highest BCUT2D eigenvalue weighted by atomic mass is 32.2. The molecule has 0 aliphatic heterocycles. The number of sulfonamides is 1. The summed E-state index contributed by atoms with van der Waals surface area (Å²) in [5, 5.41) is 2.14. The van der Waals surface area contributed by atoms with Gasteiger partial charge in [0.1, 0.15) is 5.82 Å². The maximum atomic E-state index is 13.4. The molecule has 3 aromatic carbocycles. The van der Waals surface area contributed by atoms with E-state index < -0.39 is 21.9 Å². The Bertz CT molecular complexity index is 999. The highest BCUT2D eigenvalue weighted by Crippen LogP contribution is 2.23. The van der Waals surface area contributed by atoms with E-state index in [1.807, 2.05) is 42.5 Å². The highest BCUT2D eigenvalue weighted by Gasteiger charge is 2.21. The van der Waals surface area contributed by atoms with Crippen molar-refractivity contribution in [1.29, 1.82) is 0 Å². The summed E-state index contributed by atoms with van der Waals surface area (Å²) in [7, 11) is -3.80. The SMILES string of the molecule is Cc1ccc(F)cc1S(=O)(=O)NC(C)c1ccc2ccccc2c1. The fourth-order valence-electron chi connectivity index (χ4n) is 2.70. The van der Waals surface area contributed by atoms with Crippen LogP contribution in [0.3, 0.4) is 0 Å². The van der Waals surface area contributed by atoms with E-state index in [0.29, 0.717) is 5.56 Å². The summed E-state index contributed by atoms with van der Waals surface area (Å²) in [5.41, 5.74) is 1.36. The standard InChI is InChI=1S/C19H18FNO2S/c1-13-7-10-18(20)12-19(13)24(22,23)21-14(2)16-9-8-15-5-3-4-6-17(15)11-16/h3-12,14,21H,1-2H3. The maximum Gasteiger partial charge on any atom is 0.241 e. The van der Waals surface area contributed by atoms with Crippen LogP contribution in [-0.2, 0) is 10.0 Å². The Morgan fingerprint density at radius 2 is 1.67 bits per heavy atom. The molecule has 1 atom stereocenters. The number of nitrogens with one attached hydrogen (secondary N) is 1. The van der Waals surface area contributed by atoms with Crippen molar-refractivity contribution < 1.29 is 12.8 Å². The summed E-state index contributed by atoms with van der Waals surface area (Å²) < 4.78 is 41.2. The molecule has 24 heavy (non-hydrogen) atoms. The first-order chi connectivity index (χ1) is 11.4. The summed E-state index contributed by atoms with van der Waals surface area (Å²) in [6.07, 6.45) is 0. The van der Waals surface area contributed by atoms with Gasteiger partial charge in [-0.05, 0) is 53.9 Å². The van der Waals surface area contributed by atoms with E-state index in [-0.39, 0.29) is 4.90 Å². The van der Waals surface area contributed by atoms with E-state index in [1.54, 1.807) is 13.8 Å². The number of benzene rings is 3. The van der Waals surface area contributed by atoms with Crippen LogP contribution >= 0.6 is 0 Å². The summed E-state index contributed by atoms with van der Waals surface area (Å²) in [4.78, 5) is -0.0323. The summed E-state index contributed by atoms with van der Waals surface area (Å²) >= 11 is 0. The molecule has 0 bridgehead atoms. The maximum absolute atomic E-state index is 13.4. The normalized spacial score (nSPS) is 13.1. The predicted molar refractivity (Wildman–Crippen MR) is 93.8 cm³/mol. The molecular formula is C19H18FNO2S. The molecule has 0 heterocycles. The van der Waals surface area contributed by atoms with Gasteiger partial charge in [0.15, 0.2) is 0 Å². The average Bonchev–Trinajstić information content (AvgIpc) is 2.56. The molecule has 0 saturated carbocycles. The Balaban J connectivity index is 1.92. The molecular weight excluding hydrogens is 325 g/mol. The molecule has 0 fully saturated rings. The van der Waals surface area contributed by atoms with Crippen molar-refractivity contribution in [1.82, 2.24) is 4.72 Å². The fourth-order valence-corrected chi connectivity index (χ4v) is 4.19. The molecule has 1 N–H and O–H groups in total. The van der Waals surface area contributed by atoms with E-state index in [1.165, 1.54) is 12.1 Å². The Labute approximate surface area is 141 Å². The minimum atomic E-state index is -3.80. The Hall–Kier alpha value is -2.24. The van der Waals surface area contributed by atoms with Crippen LogP contribution in [0.1, 0.15) is 24.1 Å². The Morgan fingerprint density at radius 1 is 0.958 bits per heavy atom. The van der Waals surface area contributed by atoms with Crippen molar-refractivity contribution >= 4 is 20.8 Å². The van der Waals surface area contributed by atoms with Crippen molar-refractivity contribution in [2.45, 2.75) is 24.8 Å². The monoisotopic (exact) mass is 343 g/mol. The first kappa shape index (κ1) is 16.6. The predicted octanol–water partition coefficient (Wildman–Crippen LogP) is 4.33. The molecule has 5 heteroatoms. The van der Waals surface area contributed by atoms with Gasteiger partial charge >= 0.3 is 0 Å². The number of hydrogen-bond acceptors (Lipinski definition) is 2. The largest absolute Gasteiger partial charge is 0.241 e. The molecule has 0 amide bonds. The highest BCUT2D eigenvalue weighted by molar-refractivity contribution is 7.89. The van der Waals surface area contributed by atoms with Crippen LogP contribution < -0.4 is 4.72 Å². The lowest BCUT2D eigenvalue weighted by Crippen LogP contribution is -2.27. The quantitative estimate of drug-likeness (QED) is 0.766. The van der Waals surface area contributed by atoms with Crippen LogP contribution in [0.25, 0.3) is 10.8 Å². The van der Waals surface area contributed by atoms with Crippen LogP contribution in [0, 0.1) is 12.7 Å². The zero-order valence-electron chi connectivity index (χ0n) is 13.5. The third-order valence-electron chi connectivity index (χ3n) is 4.05. The van der Waals surface area contributed by atoms with E-state index >= 15 is 0 Å². The minimum absolute atomic E-state index is 0.0323. The lowest BCUT2D eigenvalue weighted by Gasteiger charge is -2.16. The second kappa shape index (κ2) is 6.34. The zero-order chi connectivity index (χ0) is 17.3. The van der Waals surface area contributed by atoms with Crippen molar-refractivity contribution in [2.24, 2.45) is 0 Å². The van der Waals surface area contributed by atoms with Crippen LogP contribution in [0.2, 0.25) is 0 Å². The molecule has 3 nitrogen and oxygen atoms in total. The third-order valence-corrected chi connectivity index (χ3v) is 5.73. The molecule has 1 unspecified atom stereocenters. The molecule has 0 aliphatic rings. The number of halogens is 1. The topological polar surface area (TPSA) is 46.2 Å². The van der Waals surface area contributed by atoms with Gasteiger partial charge in [0.05, 0.1) is 4.90 Å². The van der Waals surface area contributed by atoms with Crippen LogP contribution in [0.15, 0.2) is 65.6 Å². The van der Waals surface area contributed by atoms with Crippen LogP contribution in [0.4, 0.5) is 4.39 Å². The third kappa shape index (κ3) is 3.32. The second-order valence-electron chi connectivity index (χ2n) is 5.86. The van der Waals surface area contributed by atoms with Crippen LogP contribution in [0.5, 0.6) is 0 Å². The van der Waals surface area contributed by atoms with Gasteiger partial charge in [0.25, 0.3) is 0 Å². The smallest absolute Gasteiger partial charge is 0.207 e. The summed E-state index contributed by atoms with van der Waals surface area (Å²) in [6, 6.07) is 17.0. The summed E-state index contributed by atoms with van der Waals surface area (Å²) in [5.74, 6) is -0.570. The Morgan fingerprint density at radius 3 is 2.42 bits per heavy atom. The van der Waals surface area contributed by atoms with Gasteiger partial charge < -0.3 is 0 Å². The van der Waals surface area contributed by atoms with Gasteiger partial charge in [-0.2, -0.15) is 0 Å². The first-order valence-electron chi connectivity index (χ1n) is 7.64. The molecule has 0 aromatic heterocycles. The van der Waals surface area contributed by atoms with Crippen LogP contribution in [-0.4, -0.2) is 8.42 Å². The molecule has 0 saturated heterocycles. The molecule has 0 spiro atoms. The molecule has 124 valence electrons. The Kier molecular flexibility index (Phi) is 4.39. The lowest BCUT2D eigenvalue weighted by molar-refractivity contribution is 0.563. The fraction of sp³-hybridized carbons (Fsp3) is 0.158. The van der Waals surface area contributed by atoms with Gasteiger partial charge in [0.2, 0.25) is 10.0 Å². The average molecular weight is 343 g/mol. The van der Waals surface area contributed by atoms with Gasteiger partial charge in [-0.15, -0.1) is 0 Å². The number of hydrogen-bond donors (Lipinski definition) is 1. The number of rotatable bonds is 4. The van der Waals surface area contributed by atoms with Gasteiger partial charge in [-0.1, -0.05) is 42.5 Å². The van der Waals surface area contributed by atoms with Gasteiger partial charge in [-0.3, -0.25) is 0 Å². The minimum Gasteiger partial charge on any atom is -0.207 e. The van der Waals surface area contributed by atoms with Gasteiger partial charge in [-0.25, -0.2) is 17.5 Å². The van der Waals surface area contributed by atoms with E-state index in [9.17, 15) is 12.8 Å². The molecule has 3 rings (SSSR count). The van der Waals surface area contributed by atoms with Crippen molar-refractivity contribution in [3.8, 4) is 0 Å². The number of fused-ring (bicyclic) bond motifs is 1. The second-order valence-corrected chi connectivity index (χ2v) is 7.54. The van der Waals surface area contributed by atoms with Crippen molar-refractivity contribution in [2.75, 3.05) is 0 Å². The van der Waals surface area contributed by atoms with Gasteiger partial charge in [0, 0.05) is 6.04 Å². The lowest BCUT2D eigenvalue weighted by atomic mass is 10.0. The number of aryl methyl sites for hydroxylation is 1. The van der Waals surface area contributed by atoms with E-state index in [4.69, 9.17) is 0 Å².